The third-order valence-corrected chi connectivity index (χ3v) is 3.75. The van der Waals surface area contributed by atoms with E-state index in [1.54, 1.807) is 43.3 Å². The highest BCUT2D eigenvalue weighted by Crippen LogP contribution is 2.17. The van der Waals surface area contributed by atoms with Crippen molar-refractivity contribution in [3.05, 3.63) is 58.6 Å². The molecule has 0 aliphatic rings. The van der Waals surface area contributed by atoms with Crippen LogP contribution in [0.2, 0.25) is 0 Å². The van der Waals surface area contributed by atoms with E-state index >= 15 is 0 Å². The molecular weight excluding hydrogens is 388 g/mol. The van der Waals surface area contributed by atoms with Gasteiger partial charge in [-0.05, 0) is 62.4 Å². The third kappa shape index (κ3) is 5.79. The third-order valence-electron chi connectivity index (χ3n) is 3.22. The molecule has 132 valence electrons. The number of carbonyl (C=O) groups is 2. The number of amides is 2. The number of carbonyl (C=O) groups excluding carboxylic acids is 2. The quantitative estimate of drug-likeness (QED) is 0.722. The first-order valence-corrected chi connectivity index (χ1v) is 8.54. The van der Waals surface area contributed by atoms with Gasteiger partial charge in [0.1, 0.15) is 11.5 Å². The van der Waals surface area contributed by atoms with Crippen molar-refractivity contribution >= 4 is 27.7 Å². The summed E-state index contributed by atoms with van der Waals surface area (Å²) in [5.41, 5.74) is 5.11. The first-order chi connectivity index (χ1) is 12.0. The van der Waals surface area contributed by atoms with E-state index < -0.39 is 17.9 Å². The van der Waals surface area contributed by atoms with Crippen LogP contribution in [0.25, 0.3) is 0 Å². The van der Waals surface area contributed by atoms with Gasteiger partial charge in [-0.2, -0.15) is 0 Å². The molecule has 0 radical (unpaired) electrons. The Labute approximate surface area is 154 Å². The Morgan fingerprint density at radius 2 is 1.60 bits per heavy atom. The van der Waals surface area contributed by atoms with E-state index in [0.29, 0.717) is 23.7 Å². The lowest BCUT2D eigenvalue weighted by atomic mass is 10.2. The van der Waals surface area contributed by atoms with Gasteiger partial charge in [0.25, 0.3) is 11.8 Å². The molecule has 0 spiro atoms. The lowest BCUT2D eigenvalue weighted by Crippen LogP contribution is -2.47. The first-order valence-electron chi connectivity index (χ1n) is 7.75. The van der Waals surface area contributed by atoms with Crippen LogP contribution < -0.4 is 20.3 Å². The summed E-state index contributed by atoms with van der Waals surface area (Å²) in [5, 5.41) is 0. The molecule has 0 fully saturated rings. The van der Waals surface area contributed by atoms with E-state index in [2.05, 4.69) is 26.8 Å². The van der Waals surface area contributed by atoms with E-state index in [1.807, 2.05) is 19.1 Å². The molecule has 2 aromatic carbocycles. The summed E-state index contributed by atoms with van der Waals surface area (Å²) in [6.45, 7) is 4.03. The summed E-state index contributed by atoms with van der Waals surface area (Å²) in [6, 6.07) is 13.7. The minimum absolute atomic E-state index is 0.408. The van der Waals surface area contributed by atoms with Crippen LogP contribution in [0.4, 0.5) is 0 Å². The molecule has 0 bridgehead atoms. The van der Waals surface area contributed by atoms with Crippen molar-refractivity contribution in [1.29, 1.82) is 0 Å². The number of halogens is 1. The van der Waals surface area contributed by atoms with Crippen molar-refractivity contribution in [2.45, 2.75) is 20.0 Å². The van der Waals surface area contributed by atoms with E-state index in [4.69, 9.17) is 9.47 Å². The monoisotopic (exact) mass is 406 g/mol. The lowest BCUT2D eigenvalue weighted by molar-refractivity contribution is -0.128. The molecule has 2 rings (SSSR count). The van der Waals surface area contributed by atoms with Gasteiger partial charge in [-0.25, -0.2) is 0 Å². The molecule has 0 aliphatic heterocycles. The highest BCUT2D eigenvalue weighted by molar-refractivity contribution is 9.10. The molecule has 0 unspecified atom stereocenters. The van der Waals surface area contributed by atoms with E-state index in [0.717, 1.165) is 4.47 Å². The fraction of sp³-hybridized carbons (Fsp3) is 0.222. The van der Waals surface area contributed by atoms with Crippen LogP contribution in [0, 0.1) is 0 Å². The van der Waals surface area contributed by atoms with Crippen LogP contribution in [-0.4, -0.2) is 24.5 Å². The van der Waals surface area contributed by atoms with Gasteiger partial charge in [-0.1, -0.05) is 15.9 Å². The number of hydrogen-bond acceptors (Lipinski definition) is 4. The van der Waals surface area contributed by atoms with Crippen LogP contribution in [0.15, 0.2) is 53.0 Å². The van der Waals surface area contributed by atoms with Crippen LogP contribution in [0.1, 0.15) is 24.2 Å². The van der Waals surface area contributed by atoms with E-state index in [9.17, 15) is 9.59 Å². The fourth-order valence-electron chi connectivity index (χ4n) is 1.93. The molecule has 0 heterocycles. The zero-order valence-electron chi connectivity index (χ0n) is 13.9. The first kappa shape index (κ1) is 18.8. The summed E-state index contributed by atoms with van der Waals surface area (Å²) in [4.78, 5) is 24.0. The zero-order chi connectivity index (χ0) is 18.2. The molecule has 2 amide bonds. The maximum absolute atomic E-state index is 12.0. The number of rotatable bonds is 6. The minimum atomic E-state index is -0.762. The number of hydrogen-bond donors (Lipinski definition) is 2. The van der Waals surface area contributed by atoms with Gasteiger partial charge in [0, 0.05) is 10.0 Å². The zero-order valence-corrected chi connectivity index (χ0v) is 15.5. The van der Waals surface area contributed by atoms with E-state index in [-0.39, 0.29) is 0 Å². The van der Waals surface area contributed by atoms with Gasteiger partial charge in [0.05, 0.1) is 6.61 Å². The molecule has 0 saturated carbocycles. The van der Waals surface area contributed by atoms with Gasteiger partial charge in [-0.15, -0.1) is 0 Å². The van der Waals surface area contributed by atoms with Crippen molar-refractivity contribution in [3.8, 4) is 11.5 Å². The Morgan fingerprint density at radius 3 is 2.20 bits per heavy atom. The second-order valence-corrected chi connectivity index (χ2v) is 6.03. The Kier molecular flexibility index (Phi) is 6.82. The predicted molar refractivity (Wildman–Crippen MR) is 97.5 cm³/mol. The molecule has 6 nitrogen and oxygen atoms in total. The van der Waals surface area contributed by atoms with Gasteiger partial charge in [0.15, 0.2) is 6.10 Å². The summed E-state index contributed by atoms with van der Waals surface area (Å²) in [5.74, 6) is 0.359. The van der Waals surface area contributed by atoms with Crippen LogP contribution in [0.3, 0.4) is 0 Å². The summed E-state index contributed by atoms with van der Waals surface area (Å²) in [7, 11) is 0. The van der Waals surface area contributed by atoms with Gasteiger partial charge >= 0.3 is 0 Å². The van der Waals surface area contributed by atoms with Gasteiger partial charge in [-0.3, -0.25) is 20.4 Å². The second kappa shape index (κ2) is 9.08. The van der Waals surface area contributed by atoms with Crippen LogP contribution in [0.5, 0.6) is 11.5 Å². The Bertz CT molecular complexity index is 717. The van der Waals surface area contributed by atoms with Gasteiger partial charge in [0.2, 0.25) is 0 Å². The Balaban J connectivity index is 1.83. The average Bonchev–Trinajstić information content (AvgIpc) is 2.62. The minimum Gasteiger partial charge on any atom is -0.494 e. The Hall–Kier alpha value is -2.54. The number of benzene rings is 2. The molecule has 1 atom stereocenters. The van der Waals surface area contributed by atoms with Crippen molar-refractivity contribution in [1.82, 2.24) is 10.9 Å². The van der Waals surface area contributed by atoms with Gasteiger partial charge < -0.3 is 9.47 Å². The highest BCUT2D eigenvalue weighted by atomic mass is 79.9. The van der Waals surface area contributed by atoms with Crippen molar-refractivity contribution in [2.24, 2.45) is 0 Å². The van der Waals surface area contributed by atoms with Crippen LogP contribution >= 0.6 is 15.9 Å². The molecule has 25 heavy (non-hydrogen) atoms. The summed E-state index contributed by atoms with van der Waals surface area (Å²) < 4.78 is 11.7. The molecule has 2 N–H and O–H groups in total. The standard InChI is InChI=1S/C18H19BrN2O4/c1-3-24-15-8-4-13(5-9-15)18(23)21-20-17(22)12(2)25-16-10-6-14(19)7-11-16/h4-12H,3H2,1-2H3,(H,20,22)(H,21,23)/t12-/m1/s1. The fourth-order valence-corrected chi connectivity index (χ4v) is 2.20. The molecule has 7 heteroatoms. The normalized spacial score (nSPS) is 11.3. The van der Waals surface area contributed by atoms with Crippen molar-refractivity contribution in [2.75, 3.05) is 6.61 Å². The molecule has 0 saturated heterocycles. The summed E-state index contributed by atoms with van der Waals surface area (Å²) in [6.07, 6.45) is -0.762. The Morgan fingerprint density at radius 1 is 1.00 bits per heavy atom. The average molecular weight is 407 g/mol. The summed E-state index contributed by atoms with van der Waals surface area (Å²) >= 11 is 3.33. The number of hydrazine groups is 1. The molecular formula is C18H19BrN2O4. The topological polar surface area (TPSA) is 76.7 Å². The maximum atomic E-state index is 12.0. The molecule has 0 aliphatic carbocycles. The van der Waals surface area contributed by atoms with E-state index in [1.165, 1.54) is 0 Å². The molecule has 0 aromatic heterocycles. The van der Waals surface area contributed by atoms with Crippen molar-refractivity contribution in [3.63, 3.8) is 0 Å². The second-order valence-electron chi connectivity index (χ2n) is 5.11. The number of nitrogens with one attached hydrogen (secondary N) is 2. The highest BCUT2D eigenvalue weighted by Gasteiger charge is 2.16. The molecule has 2 aromatic rings. The maximum Gasteiger partial charge on any atom is 0.279 e. The van der Waals surface area contributed by atoms with Crippen molar-refractivity contribution < 1.29 is 19.1 Å². The SMILES string of the molecule is CCOc1ccc(C(=O)NNC(=O)[C@@H](C)Oc2ccc(Br)cc2)cc1. The smallest absolute Gasteiger partial charge is 0.279 e. The number of ether oxygens (including phenoxy) is 2. The largest absolute Gasteiger partial charge is 0.494 e. The lowest BCUT2D eigenvalue weighted by Gasteiger charge is -2.15. The van der Waals surface area contributed by atoms with Crippen LogP contribution in [-0.2, 0) is 4.79 Å². The predicted octanol–water partition coefficient (Wildman–Crippen LogP) is 3.08.